The monoisotopic (exact) mass is 304 g/mol. The molecule has 1 saturated heterocycles. The standard InChI is InChI=1S/C17H28N4O/c1-4-21-10-6-9-16(21)13-19-17(22)18-12-14-7-5-8-15(11-14)20(2)3/h5,7-8,11,16H,4,6,9-10,12-13H2,1-3H3,(H2,18,19,22)/t16-/m0/s1. The Balaban J connectivity index is 1.74. The quantitative estimate of drug-likeness (QED) is 0.845. The fourth-order valence-corrected chi connectivity index (χ4v) is 2.94. The average Bonchev–Trinajstić information content (AvgIpc) is 2.98. The number of likely N-dealkylation sites (N-methyl/N-ethyl adjacent to an activating group) is 1. The van der Waals surface area contributed by atoms with Crippen LogP contribution in [0.3, 0.4) is 0 Å². The summed E-state index contributed by atoms with van der Waals surface area (Å²) in [5.41, 5.74) is 2.25. The lowest BCUT2D eigenvalue weighted by atomic mass is 10.2. The Morgan fingerprint density at radius 1 is 1.36 bits per heavy atom. The molecule has 1 atom stereocenters. The van der Waals surface area contributed by atoms with Crippen LogP contribution >= 0.6 is 0 Å². The van der Waals surface area contributed by atoms with E-state index in [0.29, 0.717) is 12.6 Å². The van der Waals surface area contributed by atoms with Gasteiger partial charge in [0.15, 0.2) is 0 Å². The van der Waals surface area contributed by atoms with Crippen molar-refractivity contribution in [1.29, 1.82) is 0 Å². The normalized spacial score (nSPS) is 18.2. The molecule has 0 radical (unpaired) electrons. The number of amides is 2. The molecule has 2 amide bonds. The first kappa shape index (κ1) is 16.6. The molecule has 1 aromatic rings. The maximum absolute atomic E-state index is 11.9. The summed E-state index contributed by atoms with van der Waals surface area (Å²) in [6, 6.07) is 8.61. The minimum Gasteiger partial charge on any atom is -0.378 e. The van der Waals surface area contributed by atoms with Crippen LogP contribution in [0.25, 0.3) is 0 Å². The van der Waals surface area contributed by atoms with Crippen molar-refractivity contribution in [3.8, 4) is 0 Å². The molecule has 0 aromatic heterocycles. The third-order valence-corrected chi connectivity index (χ3v) is 4.28. The maximum atomic E-state index is 11.9. The van der Waals surface area contributed by atoms with E-state index in [2.05, 4.69) is 39.5 Å². The molecule has 0 aliphatic carbocycles. The molecule has 0 unspecified atom stereocenters. The summed E-state index contributed by atoms with van der Waals surface area (Å²) in [6.45, 7) is 5.68. The van der Waals surface area contributed by atoms with E-state index < -0.39 is 0 Å². The lowest BCUT2D eigenvalue weighted by Gasteiger charge is -2.23. The minimum absolute atomic E-state index is 0.0850. The molecule has 1 aromatic carbocycles. The van der Waals surface area contributed by atoms with Gasteiger partial charge in [-0.25, -0.2) is 4.79 Å². The maximum Gasteiger partial charge on any atom is 0.315 e. The molecular formula is C17H28N4O. The van der Waals surface area contributed by atoms with E-state index in [4.69, 9.17) is 0 Å². The molecule has 5 nitrogen and oxygen atoms in total. The Labute approximate surface area is 133 Å². The van der Waals surface area contributed by atoms with Gasteiger partial charge in [0.25, 0.3) is 0 Å². The molecule has 1 aliphatic rings. The highest BCUT2D eigenvalue weighted by atomic mass is 16.2. The molecule has 0 bridgehead atoms. The molecule has 122 valence electrons. The van der Waals surface area contributed by atoms with Crippen molar-refractivity contribution in [2.24, 2.45) is 0 Å². The zero-order chi connectivity index (χ0) is 15.9. The van der Waals surface area contributed by atoms with Gasteiger partial charge in [-0.2, -0.15) is 0 Å². The van der Waals surface area contributed by atoms with Crippen molar-refractivity contribution in [1.82, 2.24) is 15.5 Å². The van der Waals surface area contributed by atoms with E-state index in [1.165, 1.54) is 12.8 Å². The fourth-order valence-electron chi connectivity index (χ4n) is 2.94. The second-order valence-corrected chi connectivity index (χ2v) is 6.05. The third kappa shape index (κ3) is 4.63. The van der Waals surface area contributed by atoms with Gasteiger partial charge in [-0.05, 0) is 43.6 Å². The highest BCUT2D eigenvalue weighted by molar-refractivity contribution is 5.73. The van der Waals surface area contributed by atoms with Crippen molar-refractivity contribution in [2.75, 3.05) is 38.6 Å². The molecule has 22 heavy (non-hydrogen) atoms. The van der Waals surface area contributed by atoms with Crippen LogP contribution in [0.2, 0.25) is 0 Å². The van der Waals surface area contributed by atoms with Gasteiger partial charge < -0.3 is 15.5 Å². The van der Waals surface area contributed by atoms with Crippen LogP contribution in [0.5, 0.6) is 0 Å². The van der Waals surface area contributed by atoms with E-state index in [0.717, 1.165) is 30.9 Å². The van der Waals surface area contributed by atoms with Gasteiger partial charge in [-0.3, -0.25) is 4.90 Å². The van der Waals surface area contributed by atoms with Crippen molar-refractivity contribution < 1.29 is 4.79 Å². The number of carbonyl (C=O) groups excluding carboxylic acids is 1. The van der Waals surface area contributed by atoms with E-state index in [1.807, 2.05) is 26.2 Å². The van der Waals surface area contributed by atoms with Gasteiger partial charge in [0.05, 0.1) is 0 Å². The van der Waals surface area contributed by atoms with Gasteiger partial charge in [0.2, 0.25) is 0 Å². The highest BCUT2D eigenvalue weighted by Crippen LogP contribution is 2.15. The second-order valence-electron chi connectivity index (χ2n) is 6.05. The first-order chi connectivity index (χ1) is 10.6. The van der Waals surface area contributed by atoms with Gasteiger partial charge in [-0.15, -0.1) is 0 Å². The number of hydrogen-bond donors (Lipinski definition) is 2. The second kappa shape index (κ2) is 8.03. The summed E-state index contributed by atoms with van der Waals surface area (Å²) >= 11 is 0. The summed E-state index contributed by atoms with van der Waals surface area (Å²) < 4.78 is 0. The fraction of sp³-hybridized carbons (Fsp3) is 0.588. The highest BCUT2D eigenvalue weighted by Gasteiger charge is 2.22. The Kier molecular flexibility index (Phi) is 6.07. The van der Waals surface area contributed by atoms with Crippen molar-refractivity contribution in [2.45, 2.75) is 32.4 Å². The van der Waals surface area contributed by atoms with E-state index in [9.17, 15) is 4.79 Å². The number of hydrogen-bond acceptors (Lipinski definition) is 3. The van der Waals surface area contributed by atoms with Crippen LogP contribution in [-0.4, -0.2) is 50.7 Å². The lowest BCUT2D eigenvalue weighted by Crippen LogP contribution is -2.43. The average molecular weight is 304 g/mol. The number of benzene rings is 1. The summed E-state index contributed by atoms with van der Waals surface area (Å²) in [5.74, 6) is 0. The topological polar surface area (TPSA) is 47.6 Å². The van der Waals surface area contributed by atoms with Crippen molar-refractivity contribution in [3.05, 3.63) is 29.8 Å². The predicted molar refractivity (Wildman–Crippen MR) is 91.3 cm³/mol. The Bertz CT molecular complexity index is 489. The number of nitrogens with zero attached hydrogens (tertiary/aromatic N) is 2. The number of rotatable bonds is 6. The van der Waals surface area contributed by atoms with E-state index in [-0.39, 0.29) is 6.03 Å². The number of likely N-dealkylation sites (tertiary alicyclic amines) is 1. The molecule has 2 N–H and O–H groups in total. The van der Waals surface area contributed by atoms with Crippen molar-refractivity contribution in [3.63, 3.8) is 0 Å². The molecule has 5 heteroatoms. The van der Waals surface area contributed by atoms with Crippen LogP contribution in [-0.2, 0) is 6.54 Å². The SMILES string of the molecule is CCN1CCC[C@H]1CNC(=O)NCc1cccc(N(C)C)c1. The number of carbonyl (C=O) groups is 1. The molecule has 1 heterocycles. The Morgan fingerprint density at radius 2 is 2.18 bits per heavy atom. The van der Waals surface area contributed by atoms with Gasteiger partial charge in [0, 0.05) is 38.9 Å². The van der Waals surface area contributed by atoms with E-state index in [1.54, 1.807) is 0 Å². The number of urea groups is 1. The Hall–Kier alpha value is -1.75. The molecule has 0 spiro atoms. The summed E-state index contributed by atoms with van der Waals surface area (Å²) in [5, 5.41) is 5.93. The van der Waals surface area contributed by atoms with Gasteiger partial charge >= 0.3 is 6.03 Å². The van der Waals surface area contributed by atoms with Crippen LogP contribution in [0, 0.1) is 0 Å². The third-order valence-electron chi connectivity index (χ3n) is 4.28. The predicted octanol–water partition coefficient (Wildman–Crippen LogP) is 2.04. The lowest BCUT2D eigenvalue weighted by molar-refractivity contribution is 0.228. The first-order valence-electron chi connectivity index (χ1n) is 8.12. The number of anilines is 1. The van der Waals surface area contributed by atoms with E-state index >= 15 is 0 Å². The van der Waals surface area contributed by atoms with Gasteiger partial charge in [0.1, 0.15) is 0 Å². The summed E-state index contributed by atoms with van der Waals surface area (Å²) in [6.07, 6.45) is 2.41. The molecule has 1 fully saturated rings. The Morgan fingerprint density at radius 3 is 2.91 bits per heavy atom. The van der Waals surface area contributed by atoms with Crippen LogP contribution in [0.1, 0.15) is 25.3 Å². The molecular weight excluding hydrogens is 276 g/mol. The smallest absolute Gasteiger partial charge is 0.315 e. The molecule has 0 saturated carbocycles. The zero-order valence-electron chi connectivity index (χ0n) is 13.9. The van der Waals surface area contributed by atoms with Crippen LogP contribution < -0.4 is 15.5 Å². The van der Waals surface area contributed by atoms with Crippen molar-refractivity contribution >= 4 is 11.7 Å². The largest absolute Gasteiger partial charge is 0.378 e. The molecule has 2 rings (SSSR count). The van der Waals surface area contributed by atoms with Gasteiger partial charge in [-0.1, -0.05) is 19.1 Å². The first-order valence-corrected chi connectivity index (χ1v) is 8.12. The summed E-state index contributed by atoms with van der Waals surface area (Å²) in [4.78, 5) is 16.4. The van der Waals surface area contributed by atoms with Crippen LogP contribution in [0.4, 0.5) is 10.5 Å². The summed E-state index contributed by atoms with van der Waals surface area (Å²) in [7, 11) is 4.03. The zero-order valence-corrected chi connectivity index (χ0v) is 13.9. The number of nitrogens with one attached hydrogen (secondary N) is 2. The van der Waals surface area contributed by atoms with Crippen LogP contribution in [0.15, 0.2) is 24.3 Å². The molecule has 1 aliphatic heterocycles. The minimum atomic E-state index is -0.0850.